The summed E-state index contributed by atoms with van der Waals surface area (Å²) in [6.07, 6.45) is 6.70. The molecule has 23 heavy (non-hydrogen) atoms. The number of halogens is 2. The van der Waals surface area contributed by atoms with E-state index in [1.165, 1.54) is 25.0 Å². The molecule has 1 aliphatic carbocycles. The lowest BCUT2D eigenvalue weighted by Crippen LogP contribution is -2.16. The Hall–Kier alpha value is -2.07. The van der Waals surface area contributed by atoms with Crippen LogP contribution >= 0.6 is 11.6 Å². The maximum Gasteiger partial charge on any atom is 0.139 e. The normalized spacial score (nSPS) is 15.4. The van der Waals surface area contributed by atoms with Crippen molar-refractivity contribution in [3.8, 4) is 11.3 Å². The lowest BCUT2D eigenvalue weighted by molar-refractivity contribution is 0.628. The highest BCUT2D eigenvalue weighted by Gasteiger charge is 2.20. The van der Waals surface area contributed by atoms with Crippen LogP contribution in [0.3, 0.4) is 0 Å². The predicted molar refractivity (Wildman–Crippen MR) is 91.5 cm³/mol. The van der Waals surface area contributed by atoms with E-state index in [9.17, 15) is 4.39 Å². The molecule has 0 saturated heterocycles. The van der Waals surface area contributed by atoms with Gasteiger partial charge in [0.25, 0.3) is 0 Å². The molecule has 0 radical (unpaired) electrons. The Bertz CT molecular complexity index is 835. The van der Waals surface area contributed by atoms with Crippen molar-refractivity contribution >= 4 is 23.1 Å². The van der Waals surface area contributed by atoms with E-state index < -0.39 is 0 Å². The maximum absolute atomic E-state index is 13.2. The second kappa shape index (κ2) is 5.85. The molecular formula is C18H17ClFN3. The monoisotopic (exact) mass is 329 g/mol. The average molecular weight is 330 g/mol. The summed E-state index contributed by atoms with van der Waals surface area (Å²) in [7, 11) is 0. The van der Waals surface area contributed by atoms with Gasteiger partial charge in [0.05, 0.1) is 5.02 Å². The summed E-state index contributed by atoms with van der Waals surface area (Å²) >= 11 is 6.16. The number of imidazole rings is 1. The SMILES string of the molecule is Fc1ccc(-c2nc3ccc(Cl)cn3c2NC2CCCC2)cc1. The second-order valence-corrected chi connectivity index (χ2v) is 6.45. The molecule has 4 rings (SSSR count). The molecule has 1 fully saturated rings. The first-order chi connectivity index (χ1) is 11.2. The molecule has 0 unspecified atom stereocenters. The van der Waals surface area contributed by atoms with Gasteiger partial charge in [-0.05, 0) is 49.2 Å². The highest BCUT2D eigenvalue weighted by molar-refractivity contribution is 6.30. The molecule has 3 aromatic rings. The number of pyridine rings is 1. The quantitative estimate of drug-likeness (QED) is 0.720. The van der Waals surface area contributed by atoms with Gasteiger partial charge in [0.15, 0.2) is 0 Å². The number of anilines is 1. The van der Waals surface area contributed by atoms with Gasteiger partial charge >= 0.3 is 0 Å². The van der Waals surface area contributed by atoms with E-state index in [1.807, 2.05) is 22.7 Å². The third kappa shape index (κ3) is 2.79. The van der Waals surface area contributed by atoms with Gasteiger partial charge < -0.3 is 5.32 Å². The van der Waals surface area contributed by atoms with Crippen molar-refractivity contribution in [2.24, 2.45) is 0 Å². The lowest BCUT2D eigenvalue weighted by Gasteiger charge is -2.15. The lowest BCUT2D eigenvalue weighted by atomic mass is 10.1. The van der Waals surface area contributed by atoms with Crippen LogP contribution in [-0.4, -0.2) is 15.4 Å². The van der Waals surface area contributed by atoms with E-state index in [0.717, 1.165) is 35.6 Å². The molecule has 1 aliphatic rings. The Balaban J connectivity index is 1.85. The number of nitrogens with one attached hydrogen (secondary N) is 1. The summed E-state index contributed by atoms with van der Waals surface area (Å²) in [5, 5.41) is 4.28. The van der Waals surface area contributed by atoms with Crippen molar-refractivity contribution < 1.29 is 4.39 Å². The third-order valence-electron chi connectivity index (χ3n) is 4.40. The van der Waals surface area contributed by atoms with Crippen molar-refractivity contribution in [2.75, 3.05) is 5.32 Å². The molecule has 2 aromatic heterocycles. The third-order valence-corrected chi connectivity index (χ3v) is 4.62. The summed E-state index contributed by atoms with van der Waals surface area (Å²) in [5.74, 6) is 0.687. The highest BCUT2D eigenvalue weighted by atomic mass is 35.5. The van der Waals surface area contributed by atoms with Crippen LogP contribution in [0.4, 0.5) is 10.2 Å². The van der Waals surface area contributed by atoms with E-state index in [1.54, 1.807) is 12.1 Å². The standard InChI is InChI=1S/C18H17ClFN3/c19-13-7-10-16-22-17(12-5-8-14(20)9-6-12)18(23(16)11-13)21-15-3-1-2-4-15/h5-11,15,21H,1-4H2. The van der Waals surface area contributed by atoms with Crippen LogP contribution in [0, 0.1) is 5.82 Å². The smallest absolute Gasteiger partial charge is 0.139 e. The van der Waals surface area contributed by atoms with Gasteiger partial charge in [-0.25, -0.2) is 9.37 Å². The fraction of sp³-hybridized carbons (Fsp3) is 0.278. The first-order valence-electron chi connectivity index (χ1n) is 7.91. The fourth-order valence-corrected chi connectivity index (χ4v) is 3.39. The number of aromatic nitrogens is 2. The zero-order valence-electron chi connectivity index (χ0n) is 12.6. The minimum atomic E-state index is -0.245. The summed E-state index contributed by atoms with van der Waals surface area (Å²) in [4.78, 5) is 4.72. The van der Waals surface area contributed by atoms with Crippen molar-refractivity contribution in [2.45, 2.75) is 31.7 Å². The zero-order chi connectivity index (χ0) is 15.8. The molecule has 118 valence electrons. The first kappa shape index (κ1) is 14.5. The zero-order valence-corrected chi connectivity index (χ0v) is 13.4. The van der Waals surface area contributed by atoms with Crippen LogP contribution in [0.15, 0.2) is 42.6 Å². The van der Waals surface area contributed by atoms with Crippen molar-refractivity contribution in [1.29, 1.82) is 0 Å². The summed E-state index contributed by atoms with van der Waals surface area (Å²) in [6.45, 7) is 0. The Morgan fingerprint density at radius 2 is 1.83 bits per heavy atom. The van der Waals surface area contributed by atoms with Gasteiger partial charge in [-0.15, -0.1) is 0 Å². The van der Waals surface area contributed by atoms with E-state index in [2.05, 4.69) is 5.32 Å². The summed E-state index contributed by atoms with van der Waals surface area (Å²) in [6, 6.07) is 10.6. The Kier molecular flexibility index (Phi) is 3.69. The summed E-state index contributed by atoms with van der Waals surface area (Å²) in [5.41, 5.74) is 2.56. The van der Waals surface area contributed by atoms with Crippen molar-refractivity contribution in [1.82, 2.24) is 9.38 Å². The van der Waals surface area contributed by atoms with Gasteiger partial charge in [0.2, 0.25) is 0 Å². The molecule has 2 heterocycles. The van der Waals surface area contributed by atoms with Crippen LogP contribution in [0.1, 0.15) is 25.7 Å². The highest BCUT2D eigenvalue weighted by Crippen LogP contribution is 2.32. The fourth-order valence-electron chi connectivity index (χ4n) is 3.23. The molecule has 0 bridgehead atoms. The molecule has 1 saturated carbocycles. The van der Waals surface area contributed by atoms with E-state index in [0.29, 0.717) is 11.1 Å². The minimum absolute atomic E-state index is 0.245. The number of hydrogen-bond donors (Lipinski definition) is 1. The van der Waals surface area contributed by atoms with Gasteiger partial charge in [0.1, 0.15) is 23.0 Å². The first-order valence-corrected chi connectivity index (χ1v) is 8.28. The summed E-state index contributed by atoms with van der Waals surface area (Å²) < 4.78 is 15.2. The van der Waals surface area contributed by atoms with Crippen molar-refractivity contribution in [3.05, 3.63) is 53.4 Å². The molecule has 0 spiro atoms. The van der Waals surface area contributed by atoms with Gasteiger partial charge in [-0.3, -0.25) is 4.40 Å². The Labute approximate surface area is 139 Å². The molecule has 0 atom stereocenters. The number of benzene rings is 1. The van der Waals surface area contributed by atoms with Crippen LogP contribution in [-0.2, 0) is 0 Å². The topological polar surface area (TPSA) is 29.3 Å². The van der Waals surface area contributed by atoms with Crippen molar-refractivity contribution in [3.63, 3.8) is 0 Å². The van der Waals surface area contributed by atoms with E-state index in [4.69, 9.17) is 16.6 Å². The number of rotatable bonds is 3. The largest absolute Gasteiger partial charge is 0.367 e. The molecular weight excluding hydrogens is 313 g/mol. The van der Waals surface area contributed by atoms with Gasteiger partial charge in [-0.2, -0.15) is 0 Å². The van der Waals surface area contributed by atoms with Gasteiger partial charge in [0, 0.05) is 17.8 Å². The van der Waals surface area contributed by atoms with Crippen LogP contribution in [0.5, 0.6) is 0 Å². The Morgan fingerprint density at radius 3 is 2.57 bits per heavy atom. The molecule has 0 amide bonds. The van der Waals surface area contributed by atoms with E-state index >= 15 is 0 Å². The Morgan fingerprint density at radius 1 is 1.09 bits per heavy atom. The van der Waals surface area contributed by atoms with Gasteiger partial charge in [-0.1, -0.05) is 24.4 Å². The molecule has 1 N–H and O–H groups in total. The number of hydrogen-bond acceptors (Lipinski definition) is 2. The van der Waals surface area contributed by atoms with E-state index in [-0.39, 0.29) is 5.82 Å². The minimum Gasteiger partial charge on any atom is -0.367 e. The second-order valence-electron chi connectivity index (χ2n) is 6.02. The number of fused-ring (bicyclic) bond motifs is 1. The van der Waals surface area contributed by atoms with Crippen LogP contribution in [0.25, 0.3) is 16.9 Å². The average Bonchev–Trinajstić information content (AvgIpc) is 3.17. The molecule has 5 heteroatoms. The molecule has 3 nitrogen and oxygen atoms in total. The number of nitrogens with zero attached hydrogens (tertiary/aromatic N) is 2. The predicted octanol–water partition coefficient (Wildman–Crippen LogP) is 5.15. The van der Waals surface area contributed by atoms with Crippen LogP contribution in [0.2, 0.25) is 5.02 Å². The molecule has 0 aliphatic heterocycles. The van der Waals surface area contributed by atoms with Crippen LogP contribution < -0.4 is 5.32 Å². The molecule has 1 aromatic carbocycles. The maximum atomic E-state index is 13.2.